The summed E-state index contributed by atoms with van der Waals surface area (Å²) in [6, 6.07) is 19.5. The molecule has 0 aliphatic heterocycles. The number of esters is 1. The molecule has 0 aliphatic carbocycles. The van der Waals surface area contributed by atoms with E-state index in [0.717, 1.165) is 10.8 Å². The van der Waals surface area contributed by atoms with Crippen molar-refractivity contribution < 1.29 is 18.7 Å². The molecule has 0 unspecified atom stereocenters. The molecule has 3 aromatic rings. The lowest BCUT2D eigenvalue weighted by Crippen LogP contribution is -2.30. The van der Waals surface area contributed by atoms with Crippen LogP contribution in [0.25, 0.3) is 10.8 Å². The standard InChI is InChI=1S/C21H18FNO3S/c22-18-7-3-4-8-19(18)27-12-11-26-20(24)14-23-21(25)17-10-9-15-5-1-2-6-16(15)13-17/h1-10,13H,11-12,14H2,(H,23,25). The van der Waals surface area contributed by atoms with Crippen LogP contribution in [-0.4, -0.2) is 30.8 Å². The summed E-state index contributed by atoms with van der Waals surface area (Å²) in [5.41, 5.74) is 0.483. The average Bonchev–Trinajstić information content (AvgIpc) is 2.70. The monoisotopic (exact) mass is 383 g/mol. The molecule has 138 valence electrons. The highest BCUT2D eigenvalue weighted by atomic mass is 32.2. The Morgan fingerprint density at radius 1 is 0.963 bits per heavy atom. The summed E-state index contributed by atoms with van der Waals surface area (Å²) >= 11 is 1.27. The Morgan fingerprint density at radius 2 is 1.70 bits per heavy atom. The van der Waals surface area contributed by atoms with Crippen LogP contribution in [0.4, 0.5) is 4.39 Å². The number of thioether (sulfide) groups is 1. The Kier molecular flexibility index (Phi) is 6.44. The number of fused-ring (bicyclic) bond motifs is 1. The molecule has 0 radical (unpaired) electrons. The zero-order valence-electron chi connectivity index (χ0n) is 14.5. The van der Waals surface area contributed by atoms with Crippen molar-refractivity contribution in [3.8, 4) is 0 Å². The first-order chi connectivity index (χ1) is 13.1. The molecule has 0 saturated heterocycles. The van der Waals surface area contributed by atoms with Gasteiger partial charge in [0.1, 0.15) is 19.0 Å². The van der Waals surface area contributed by atoms with Crippen molar-refractivity contribution in [2.75, 3.05) is 18.9 Å². The van der Waals surface area contributed by atoms with Gasteiger partial charge in [0.25, 0.3) is 5.91 Å². The second-order valence-corrected chi connectivity index (χ2v) is 6.88. The van der Waals surface area contributed by atoms with Crippen LogP contribution in [-0.2, 0) is 9.53 Å². The first-order valence-corrected chi connectivity index (χ1v) is 9.42. The van der Waals surface area contributed by atoms with Gasteiger partial charge < -0.3 is 10.1 Å². The Labute approximate surface area is 160 Å². The van der Waals surface area contributed by atoms with Crippen LogP contribution in [0.3, 0.4) is 0 Å². The van der Waals surface area contributed by atoms with Crippen LogP contribution < -0.4 is 5.32 Å². The number of nitrogens with one attached hydrogen (secondary N) is 1. The molecule has 0 bridgehead atoms. The van der Waals surface area contributed by atoms with Gasteiger partial charge in [-0.1, -0.05) is 42.5 Å². The minimum Gasteiger partial charge on any atom is -0.463 e. The first kappa shape index (κ1) is 18.9. The van der Waals surface area contributed by atoms with E-state index in [9.17, 15) is 14.0 Å². The van der Waals surface area contributed by atoms with Gasteiger partial charge in [0.2, 0.25) is 0 Å². The quantitative estimate of drug-likeness (QED) is 0.380. The molecule has 3 aromatic carbocycles. The van der Waals surface area contributed by atoms with Crippen LogP contribution in [0.2, 0.25) is 0 Å². The fourth-order valence-corrected chi connectivity index (χ4v) is 3.27. The number of carbonyl (C=O) groups is 2. The fraction of sp³-hybridized carbons (Fsp3) is 0.143. The van der Waals surface area contributed by atoms with Gasteiger partial charge in [0.05, 0.1) is 0 Å². The van der Waals surface area contributed by atoms with E-state index in [-0.39, 0.29) is 24.9 Å². The van der Waals surface area contributed by atoms with Gasteiger partial charge in [0, 0.05) is 16.2 Å². The molecular formula is C21H18FNO3S. The second kappa shape index (κ2) is 9.19. The molecule has 1 amide bonds. The summed E-state index contributed by atoms with van der Waals surface area (Å²) < 4.78 is 18.5. The van der Waals surface area contributed by atoms with E-state index in [1.165, 1.54) is 17.8 Å². The van der Waals surface area contributed by atoms with Gasteiger partial charge in [-0.25, -0.2) is 4.39 Å². The highest BCUT2D eigenvalue weighted by Gasteiger charge is 2.10. The maximum Gasteiger partial charge on any atom is 0.325 e. The van der Waals surface area contributed by atoms with Crippen molar-refractivity contribution in [2.45, 2.75) is 4.90 Å². The van der Waals surface area contributed by atoms with E-state index in [1.54, 1.807) is 30.3 Å². The number of carbonyl (C=O) groups excluding carboxylic acids is 2. The lowest BCUT2D eigenvalue weighted by Gasteiger charge is -2.07. The molecular weight excluding hydrogens is 365 g/mol. The van der Waals surface area contributed by atoms with Crippen molar-refractivity contribution in [3.05, 3.63) is 78.1 Å². The highest BCUT2D eigenvalue weighted by Crippen LogP contribution is 2.20. The van der Waals surface area contributed by atoms with Gasteiger partial charge in [-0.3, -0.25) is 9.59 Å². The predicted molar refractivity (Wildman–Crippen MR) is 104 cm³/mol. The highest BCUT2D eigenvalue weighted by molar-refractivity contribution is 7.99. The normalized spacial score (nSPS) is 10.6. The lowest BCUT2D eigenvalue weighted by atomic mass is 10.1. The summed E-state index contributed by atoms with van der Waals surface area (Å²) in [7, 11) is 0. The summed E-state index contributed by atoms with van der Waals surface area (Å²) in [5.74, 6) is -0.723. The molecule has 0 heterocycles. The van der Waals surface area contributed by atoms with E-state index < -0.39 is 5.97 Å². The molecule has 3 rings (SSSR count). The minimum absolute atomic E-state index is 0.143. The summed E-state index contributed by atoms with van der Waals surface area (Å²) in [6.45, 7) is -0.0697. The minimum atomic E-state index is -0.529. The number of halogens is 1. The van der Waals surface area contributed by atoms with E-state index in [4.69, 9.17) is 4.74 Å². The largest absolute Gasteiger partial charge is 0.463 e. The molecule has 4 nitrogen and oxygen atoms in total. The Hall–Kier alpha value is -2.86. The van der Waals surface area contributed by atoms with Gasteiger partial charge in [-0.2, -0.15) is 0 Å². The number of rotatable bonds is 7. The molecule has 6 heteroatoms. The number of ether oxygens (including phenoxy) is 1. The van der Waals surface area contributed by atoms with Crippen molar-refractivity contribution in [2.24, 2.45) is 0 Å². The molecule has 0 atom stereocenters. The van der Waals surface area contributed by atoms with E-state index in [0.29, 0.717) is 16.2 Å². The Bertz CT molecular complexity index is 961. The Morgan fingerprint density at radius 3 is 2.52 bits per heavy atom. The van der Waals surface area contributed by atoms with E-state index in [1.807, 2.05) is 30.3 Å². The number of benzene rings is 3. The van der Waals surface area contributed by atoms with Crippen LogP contribution in [0.5, 0.6) is 0 Å². The number of hydrogen-bond acceptors (Lipinski definition) is 4. The van der Waals surface area contributed by atoms with Gasteiger partial charge in [0.15, 0.2) is 0 Å². The zero-order chi connectivity index (χ0) is 19.1. The van der Waals surface area contributed by atoms with Crippen LogP contribution in [0.15, 0.2) is 71.6 Å². The maximum absolute atomic E-state index is 13.5. The molecule has 0 saturated carbocycles. The molecule has 27 heavy (non-hydrogen) atoms. The van der Waals surface area contributed by atoms with Crippen molar-refractivity contribution in [1.82, 2.24) is 5.32 Å². The molecule has 0 spiro atoms. The summed E-state index contributed by atoms with van der Waals surface area (Å²) in [4.78, 5) is 24.4. The van der Waals surface area contributed by atoms with Gasteiger partial charge >= 0.3 is 5.97 Å². The lowest BCUT2D eigenvalue weighted by molar-refractivity contribution is -0.141. The number of amides is 1. The Balaban J connectivity index is 1.41. The van der Waals surface area contributed by atoms with Crippen LogP contribution >= 0.6 is 11.8 Å². The zero-order valence-corrected chi connectivity index (χ0v) is 15.3. The smallest absolute Gasteiger partial charge is 0.325 e. The molecule has 0 aromatic heterocycles. The van der Waals surface area contributed by atoms with E-state index >= 15 is 0 Å². The summed E-state index contributed by atoms with van der Waals surface area (Å²) in [5, 5.41) is 4.55. The predicted octanol–water partition coefficient (Wildman–Crippen LogP) is 4.04. The average molecular weight is 383 g/mol. The number of hydrogen-bond donors (Lipinski definition) is 1. The van der Waals surface area contributed by atoms with Crippen LogP contribution in [0, 0.1) is 5.82 Å². The second-order valence-electron chi connectivity index (χ2n) is 5.74. The van der Waals surface area contributed by atoms with Crippen molar-refractivity contribution in [1.29, 1.82) is 0 Å². The van der Waals surface area contributed by atoms with E-state index in [2.05, 4.69) is 5.32 Å². The van der Waals surface area contributed by atoms with Gasteiger partial charge in [-0.15, -0.1) is 11.8 Å². The van der Waals surface area contributed by atoms with Crippen molar-refractivity contribution in [3.63, 3.8) is 0 Å². The summed E-state index contributed by atoms with van der Waals surface area (Å²) in [6.07, 6.45) is 0. The third-order valence-electron chi connectivity index (χ3n) is 3.85. The molecule has 0 aliphatic rings. The third-order valence-corrected chi connectivity index (χ3v) is 4.86. The van der Waals surface area contributed by atoms with Crippen LogP contribution in [0.1, 0.15) is 10.4 Å². The topological polar surface area (TPSA) is 55.4 Å². The first-order valence-electron chi connectivity index (χ1n) is 8.43. The molecule has 0 fully saturated rings. The maximum atomic E-state index is 13.5. The fourth-order valence-electron chi connectivity index (χ4n) is 2.51. The van der Waals surface area contributed by atoms with Gasteiger partial charge in [-0.05, 0) is 35.0 Å². The van der Waals surface area contributed by atoms with Crippen molar-refractivity contribution >= 4 is 34.4 Å². The molecule has 1 N–H and O–H groups in total. The third kappa shape index (κ3) is 5.31. The SMILES string of the molecule is O=C(CNC(=O)c1ccc2ccccc2c1)OCCSc1ccccc1F.